The van der Waals surface area contributed by atoms with Gasteiger partial charge in [0, 0.05) is 24.0 Å². The van der Waals surface area contributed by atoms with Gasteiger partial charge in [-0.2, -0.15) is 0 Å². The molecular formula is C21H19N5O2. The van der Waals surface area contributed by atoms with Crippen LogP contribution < -0.4 is 15.8 Å². The summed E-state index contributed by atoms with van der Waals surface area (Å²) in [6.45, 7) is 2.61. The zero-order valence-corrected chi connectivity index (χ0v) is 15.3. The molecule has 140 valence electrons. The fraction of sp³-hybridized carbons (Fsp3) is 0.190. The van der Waals surface area contributed by atoms with Crippen LogP contribution in [0.4, 0.5) is 11.6 Å². The Balaban J connectivity index is 1.66. The minimum atomic E-state index is -0.555. The van der Waals surface area contributed by atoms with Crippen LogP contribution >= 0.6 is 0 Å². The maximum absolute atomic E-state index is 12.7. The van der Waals surface area contributed by atoms with Gasteiger partial charge < -0.3 is 10.0 Å². The van der Waals surface area contributed by atoms with Crippen molar-refractivity contribution >= 4 is 17.6 Å². The van der Waals surface area contributed by atoms with Crippen LogP contribution in [0, 0.1) is 6.92 Å². The molecule has 0 bridgehead atoms. The minimum Gasteiger partial charge on any atom is -0.508 e. The first-order valence-corrected chi connectivity index (χ1v) is 9.19. The standard InChI is InChI=1S/C21H19N5O2/c1-13-12-18(28)26-19(15-6-8-16(27)9-7-15)23-20(24-21(26)22-13)25-11-10-14-4-2-3-5-17(14)25/h2-9,12,19,27H,10-11H2,1H3,(H,22,23,24)/t19-/m0/s1. The molecular weight excluding hydrogens is 354 g/mol. The zero-order valence-electron chi connectivity index (χ0n) is 15.3. The molecule has 28 heavy (non-hydrogen) atoms. The summed E-state index contributed by atoms with van der Waals surface area (Å²) in [6.07, 6.45) is 0.384. The summed E-state index contributed by atoms with van der Waals surface area (Å²) >= 11 is 0. The molecule has 3 aromatic rings. The Morgan fingerprint density at radius 3 is 2.75 bits per heavy atom. The van der Waals surface area contributed by atoms with Crippen LogP contribution in [0.5, 0.6) is 5.75 Å². The first kappa shape index (κ1) is 16.6. The van der Waals surface area contributed by atoms with E-state index < -0.39 is 6.17 Å². The van der Waals surface area contributed by atoms with Gasteiger partial charge in [-0.3, -0.25) is 14.7 Å². The van der Waals surface area contributed by atoms with Gasteiger partial charge in [0.1, 0.15) is 5.75 Å². The molecule has 1 atom stereocenters. The average molecular weight is 373 g/mol. The second-order valence-corrected chi connectivity index (χ2v) is 7.00. The van der Waals surface area contributed by atoms with Crippen molar-refractivity contribution in [1.82, 2.24) is 9.55 Å². The number of nitrogens with one attached hydrogen (secondary N) is 1. The Hall–Kier alpha value is -3.61. The van der Waals surface area contributed by atoms with Crippen LogP contribution in [0.1, 0.15) is 23.0 Å². The Kier molecular flexibility index (Phi) is 3.68. The van der Waals surface area contributed by atoms with Crippen LogP contribution in [0.15, 0.2) is 64.4 Å². The summed E-state index contributed by atoms with van der Waals surface area (Å²) < 4.78 is 1.55. The van der Waals surface area contributed by atoms with Gasteiger partial charge in [0.05, 0.1) is 0 Å². The van der Waals surface area contributed by atoms with E-state index in [1.54, 1.807) is 35.8 Å². The van der Waals surface area contributed by atoms with Crippen LogP contribution in [0.3, 0.4) is 0 Å². The van der Waals surface area contributed by atoms with Crippen LogP contribution in [0.25, 0.3) is 0 Å². The third-order valence-corrected chi connectivity index (χ3v) is 5.13. The summed E-state index contributed by atoms with van der Waals surface area (Å²) in [6, 6.07) is 16.5. The molecule has 5 rings (SSSR count). The molecule has 0 unspecified atom stereocenters. The molecule has 0 spiro atoms. The number of phenolic OH excluding ortho intramolecular Hbond substituents is 1. The lowest BCUT2D eigenvalue weighted by Crippen LogP contribution is -2.43. The summed E-state index contributed by atoms with van der Waals surface area (Å²) in [7, 11) is 0. The smallest absolute Gasteiger partial charge is 0.257 e. The van der Waals surface area contributed by atoms with Crippen LogP contribution in [-0.2, 0) is 6.42 Å². The van der Waals surface area contributed by atoms with Crippen molar-refractivity contribution in [2.24, 2.45) is 4.99 Å². The van der Waals surface area contributed by atoms with Gasteiger partial charge in [0.25, 0.3) is 5.56 Å². The first-order valence-electron chi connectivity index (χ1n) is 9.19. The summed E-state index contributed by atoms with van der Waals surface area (Å²) in [5.74, 6) is 1.31. The van der Waals surface area contributed by atoms with Crippen LogP contribution in [0.2, 0.25) is 0 Å². The van der Waals surface area contributed by atoms with Crippen molar-refractivity contribution in [3.05, 3.63) is 81.8 Å². The van der Waals surface area contributed by atoms with Crippen molar-refractivity contribution in [2.45, 2.75) is 19.5 Å². The highest BCUT2D eigenvalue weighted by atomic mass is 16.3. The quantitative estimate of drug-likeness (QED) is 0.685. The molecule has 0 saturated carbocycles. The highest BCUT2D eigenvalue weighted by Crippen LogP contribution is 2.32. The number of hydrogen-bond donors (Lipinski definition) is 2. The minimum absolute atomic E-state index is 0.169. The third-order valence-electron chi connectivity index (χ3n) is 5.13. The summed E-state index contributed by atoms with van der Waals surface area (Å²) in [5.41, 5.74) is 3.67. The van der Waals surface area contributed by atoms with Gasteiger partial charge in [-0.05, 0) is 42.7 Å². The molecule has 7 heteroatoms. The third kappa shape index (κ3) is 2.63. The number of guanidine groups is 1. The van der Waals surface area contributed by atoms with E-state index in [1.165, 1.54) is 11.6 Å². The normalized spacial score (nSPS) is 17.5. The molecule has 1 aromatic heterocycles. The number of para-hydroxylation sites is 1. The molecule has 0 saturated heterocycles. The lowest BCUT2D eigenvalue weighted by Gasteiger charge is -2.31. The van der Waals surface area contributed by atoms with E-state index in [0.29, 0.717) is 17.6 Å². The van der Waals surface area contributed by atoms with Crippen molar-refractivity contribution in [2.75, 3.05) is 16.8 Å². The monoisotopic (exact) mass is 373 g/mol. The van der Waals surface area contributed by atoms with Gasteiger partial charge in [-0.15, -0.1) is 0 Å². The maximum atomic E-state index is 12.7. The molecule has 2 aliphatic heterocycles. The van der Waals surface area contributed by atoms with E-state index in [-0.39, 0.29) is 11.3 Å². The van der Waals surface area contributed by atoms with Crippen molar-refractivity contribution in [3.8, 4) is 5.75 Å². The maximum Gasteiger partial charge on any atom is 0.257 e. The number of phenols is 1. The molecule has 2 aliphatic rings. The van der Waals surface area contributed by atoms with Gasteiger partial charge in [-0.25, -0.2) is 9.98 Å². The van der Waals surface area contributed by atoms with Crippen molar-refractivity contribution in [1.29, 1.82) is 0 Å². The number of rotatable bonds is 1. The number of nitrogens with zero attached hydrogens (tertiary/aromatic N) is 4. The summed E-state index contributed by atoms with van der Waals surface area (Å²) in [4.78, 5) is 24.2. The number of anilines is 2. The number of aliphatic imine (C=N–C) groups is 1. The Labute approximate surface area is 161 Å². The highest BCUT2D eigenvalue weighted by Gasteiger charge is 2.30. The molecule has 2 N–H and O–H groups in total. The van der Waals surface area contributed by atoms with Crippen LogP contribution in [-0.4, -0.2) is 27.2 Å². The fourth-order valence-electron chi connectivity index (χ4n) is 3.80. The molecule has 0 fully saturated rings. The lowest BCUT2D eigenvalue weighted by atomic mass is 10.1. The van der Waals surface area contributed by atoms with Gasteiger partial charge in [0.2, 0.25) is 11.9 Å². The fourth-order valence-corrected chi connectivity index (χ4v) is 3.80. The molecule has 2 aromatic carbocycles. The number of hydrogen-bond acceptors (Lipinski definition) is 6. The van der Waals surface area contributed by atoms with E-state index in [0.717, 1.165) is 24.2 Å². The number of benzene rings is 2. The van der Waals surface area contributed by atoms with E-state index >= 15 is 0 Å². The van der Waals surface area contributed by atoms with E-state index in [4.69, 9.17) is 4.99 Å². The highest BCUT2D eigenvalue weighted by molar-refractivity contribution is 6.06. The number of fused-ring (bicyclic) bond motifs is 2. The average Bonchev–Trinajstić information content (AvgIpc) is 3.11. The molecule has 0 amide bonds. The largest absolute Gasteiger partial charge is 0.508 e. The number of aromatic nitrogens is 2. The molecule has 7 nitrogen and oxygen atoms in total. The van der Waals surface area contributed by atoms with Gasteiger partial charge in [-0.1, -0.05) is 30.3 Å². The first-order chi connectivity index (χ1) is 13.6. The van der Waals surface area contributed by atoms with E-state index in [9.17, 15) is 9.90 Å². The number of aryl methyl sites for hydroxylation is 1. The van der Waals surface area contributed by atoms with Crippen molar-refractivity contribution in [3.63, 3.8) is 0 Å². The Morgan fingerprint density at radius 1 is 1.14 bits per heavy atom. The predicted octanol–water partition coefficient (Wildman–Crippen LogP) is 2.65. The lowest BCUT2D eigenvalue weighted by molar-refractivity contribution is 0.474. The molecule has 0 aliphatic carbocycles. The summed E-state index contributed by atoms with van der Waals surface area (Å²) in [5, 5.41) is 12.9. The van der Waals surface area contributed by atoms with E-state index in [2.05, 4.69) is 27.3 Å². The van der Waals surface area contributed by atoms with Gasteiger partial charge in [0.15, 0.2) is 6.17 Å². The van der Waals surface area contributed by atoms with E-state index in [1.807, 2.05) is 12.1 Å². The molecule has 0 radical (unpaired) electrons. The topological polar surface area (TPSA) is 82.8 Å². The SMILES string of the molecule is Cc1cc(=O)n2c(n1)NC(N1CCc3ccccc31)=N[C@@H]2c1ccc(O)cc1. The Morgan fingerprint density at radius 2 is 1.93 bits per heavy atom. The predicted molar refractivity (Wildman–Crippen MR) is 108 cm³/mol. The molecule has 3 heterocycles. The Bertz CT molecular complexity index is 1150. The zero-order chi connectivity index (χ0) is 19.3. The number of aromatic hydroxyl groups is 1. The second-order valence-electron chi connectivity index (χ2n) is 7.00. The second kappa shape index (κ2) is 6.23. The van der Waals surface area contributed by atoms with Gasteiger partial charge >= 0.3 is 0 Å². The van der Waals surface area contributed by atoms with Crippen molar-refractivity contribution < 1.29 is 5.11 Å².